The first-order valence-corrected chi connectivity index (χ1v) is 6.11. The lowest BCUT2D eigenvalue weighted by Gasteiger charge is -2.36. The first kappa shape index (κ1) is 13.9. The van der Waals surface area contributed by atoms with Gasteiger partial charge in [0.1, 0.15) is 0 Å². The smallest absolute Gasteiger partial charge is 0.156 e. The zero-order valence-corrected chi connectivity index (χ0v) is 11.8. The van der Waals surface area contributed by atoms with Gasteiger partial charge in [0.25, 0.3) is 0 Å². The molecule has 0 bridgehead atoms. The van der Waals surface area contributed by atoms with Crippen LogP contribution in [-0.2, 0) is 6.54 Å². The van der Waals surface area contributed by atoms with Crippen molar-refractivity contribution in [3.8, 4) is 0 Å². The molecule has 0 spiro atoms. The molecule has 0 aliphatic heterocycles. The molecule has 0 aliphatic carbocycles. The number of aryl methyl sites for hydroxylation is 1. The molecule has 4 nitrogen and oxygen atoms in total. The molecular weight excluding hydrogens is 212 g/mol. The maximum absolute atomic E-state index is 5.85. The minimum absolute atomic E-state index is 0.0559. The van der Waals surface area contributed by atoms with Crippen LogP contribution in [0.5, 0.6) is 0 Å². The predicted octanol–water partition coefficient (Wildman–Crippen LogP) is 2.18. The largest absolute Gasteiger partial charge is 0.353 e. The molecule has 4 heteroatoms. The summed E-state index contributed by atoms with van der Waals surface area (Å²) >= 11 is 0. The van der Waals surface area contributed by atoms with E-state index in [0.29, 0.717) is 6.54 Å². The molecule has 0 radical (unpaired) electrons. The lowest BCUT2D eigenvalue weighted by atomic mass is 9.98. The van der Waals surface area contributed by atoms with Crippen LogP contribution in [0.1, 0.15) is 44.0 Å². The third-order valence-corrected chi connectivity index (χ3v) is 3.86. The van der Waals surface area contributed by atoms with Crippen molar-refractivity contribution >= 4 is 5.82 Å². The molecule has 0 amide bonds. The fraction of sp³-hybridized carbons (Fsp3) is 0.692. The summed E-state index contributed by atoms with van der Waals surface area (Å²) < 4.78 is 0. The highest BCUT2D eigenvalue weighted by Gasteiger charge is 2.25. The summed E-state index contributed by atoms with van der Waals surface area (Å²) in [6, 6.07) is 0. The number of nitrogens with two attached hydrogens (primary N) is 1. The third-order valence-electron chi connectivity index (χ3n) is 3.86. The van der Waals surface area contributed by atoms with Crippen molar-refractivity contribution in [2.24, 2.45) is 5.73 Å². The Morgan fingerprint density at radius 1 is 1.24 bits per heavy atom. The SMILES string of the molecule is CCC(C)(C)N(C)c1nnc(C)c(C)c1CN. The maximum Gasteiger partial charge on any atom is 0.156 e. The second-order valence-electron chi connectivity index (χ2n) is 5.14. The Kier molecular flexibility index (Phi) is 4.09. The zero-order valence-electron chi connectivity index (χ0n) is 11.8. The fourth-order valence-electron chi connectivity index (χ4n) is 1.68. The van der Waals surface area contributed by atoms with Crippen LogP contribution < -0.4 is 10.6 Å². The molecule has 0 saturated carbocycles. The van der Waals surface area contributed by atoms with E-state index in [2.05, 4.69) is 49.8 Å². The van der Waals surface area contributed by atoms with E-state index >= 15 is 0 Å². The van der Waals surface area contributed by atoms with Crippen LogP contribution in [0.25, 0.3) is 0 Å². The van der Waals surface area contributed by atoms with Gasteiger partial charge in [0.2, 0.25) is 0 Å². The molecule has 0 atom stereocenters. The van der Waals surface area contributed by atoms with Crippen molar-refractivity contribution in [2.45, 2.75) is 53.1 Å². The average molecular weight is 236 g/mol. The van der Waals surface area contributed by atoms with E-state index < -0.39 is 0 Å². The minimum Gasteiger partial charge on any atom is -0.353 e. The van der Waals surface area contributed by atoms with Crippen LogP contribution >= 0.6 is 0 Å². The topological polar surface area (TPSA) is 55.0 Å². The lowest BCUT2D eigenvalue weighted by molar-refractivity contribution is 0.464. The van der Waals surface area contributed by atoms with E-state index in [1.165, 1.54) is 0 Å². The first-order chi connectivity index (χ1) is 7.85. The Hall–Kier alpha value is -1.16. The number of hydrogen-bond donors (Lipinski definition) is 1. The summed E-state index contributed by atoms with van der Waals surface area (Å²) in [6.45, 7) is 11.1. The van der Waals surface area contributed by atoms with Crippen molar-refractivity contribution in [3.05, 3.63) is 16.8 Å². The zero-order chi connectivity index (χ0) is 13.2. The van der Waals surface area contributed by atoms with Crippen molar-refractivity contribution in [2.75, 3.05) is 11.9 Å². The quantitative estimate of drug-likeness (QED) is 0.870. The molecule has 0 unspecified atom stereocenters. The first-order valence-electron chi connectivity index (χ1n) is 6.11. The molecule has 2 N–H and O–H groups in total. The highest BCUT2D eigenvalue weighted by molar-refractivity contribution is 5.51. The van der Waals surface area contributed by atoms with E-state index in [1.54, 1.807) is 0 Å². The van der Waals surface area contributed by atoms with Gasteiger partial charge in [0.15, 0.2) is 5.82 Å². The third kappa shape index (κ3) is 2.57. The van der Waals surface area contributed by atoms with Gasteiger partial charge in [-0.05, 0) is 39.7 Å². The molecule has 1 heterocycles. The normalized spacial score (nSPS) is 11.7. The van der Waals surface area contributed by atoms with E-state index in [9.17, 15) is 0 Å². The van der Waals surface area contributed by atoms with Crippen LogP contribution in [0.15, 0.2) is 0 Å². The molecule has 0 fully saturated rings. The molecule has 1 aromatic rings. The van der Waals surface area contributed by atoms with Gasteiger partial charge in [-0.1, -0.05) is 6.92 Å². The summed E-state index contributed by atoms with van der Waals surface area (Å²) in [5, 5.41) is 8.53. The van der Waals surface area contributed by atoms with Gasteiger partial charge in [-0.3, -0.25) is 0 Å². The van der Waals surface area contributed by atoms with Gasteiger partial charge in [-0.25, -0.2) is 0 Å². The van der Waals surface area contributed by atoms with Gasteiger partial charge in [-0.2, -0.15) is 5.10 Å². The molecule has 0 aliphatic rings. The van der Waals surface area contributed by atoms with Gasteiger partial charge >= 0.3 is 0 Å². The average Bonchev–Trinajstić information content (AvgIpc) is 2.31. The molecule has 96 valence electrons. The summed E-state index contributed by atoms with van der Waals surface area (Å²) in [5.74, 6) is 0.905. The number of hydrogen-bond acceptors (Lipinski definition) is 4. The van der Waals surface area contributed by atoms with Crippen molar-refractivity contribution in [1.82, 2.24) is 10.2 Å². The Bertz CT molecular complexity index is 399. The molecule has 1 aromatic heterocycles. The molecule has 1 rings (SSSR count). The fourth-order valence-corrected chi connectivity index (χ4v) is 1.68. The summed E-state index contributed by atoms with van der Waals surface area (Å²) in [4.78, 5) is 2.18. The summed E-state index contributed by atoms with van der Waals surface area (Å²) in [7, 11) is 2.06. The van der Waals surface area contributed by atoms with E-state index in [1.807, 2.05) is 6.92 Å². The molecule has 17 heavy (non-hydrogen) atoms. The van der Waals surface area contributed by atoms with Gasteiger partial charge in [0, 0.05) is 24.7 Å². The van der Waals surface area contributed by atoms with Crippen LogP contribution in [0, 0.1) is 13.8 Å². The minimum atomic E-state index is 0.0559. The highest BCUT2D eigenvalue weighted by atomic mass is 15.3. The van der Waals surface area contributed by atoms with Crippen LogP contribution in [0.2, 0.25) is 0 Å². The van der Waals surface area contributed by atoms with Gasteiger partial charge < -0.3 is 10.6 Å². The lowest BCUT2D eigenvalue weighted by Crippen LogP contribution is -2.42. The number of anilines is 1. The van der Waals surface area contributed by atoms with Crippen LogP contribution in [-0.4, -0.2) is 22.8 Å². The molecule has 0 saturated heterocycles. The standard InChI is InChI=1S/C13H24N4/c1-7-13(4,5)17(6)12-11(8-14)9(2)10(3)15-16-12/h7-8,14H2,1-6H3. The number of nitrogens with zero attached hydrogens (tertiary/aromatic N) is 3. The maximum atomic E-state index is 5.85. The Balaban J connectivity index is 3.27. The second-order valence-corrected chi connectivity index (χ2v) is 5.14. The van der Waals surface area contributed by atoms with Gasteiger partial charge in [0.05, 0.1) is 5.69 Å². The monoisotopic (exact) mass is 236 g/mol. The molecular formula is C13H24N4. The highest BCUT2D eigenvalue weighted by Crippen LogP contribution is 2.27. The predicted molar refractivity (Wildman–Crippen MR) is 72.2 cm³/mol. The van der Waals surface area contributed by atoms with E-state index in [-0.39, 0.29) is 5.54 Å². The van der Waals surface area contributed by atoms with E-state index in [0.717, 1.165) is 29.1 Å². The summed E-state index contributed by atoms with van der Waals surface area (Å²) in [6.07, 6.45) is 1.04. The Morgan fingerprint density at radius 2 is 1.82 bits per heavy atom. The summed E-state index contributed by atoms with van der Waals surface area (Å²) in [5.41, 5.74) is 9.11. The Morgan fingerprint density at radius 3 is 2.29 bits per heavy atom. The van der Waals surface area contributed by atoms with Crippen LogP contribution in [0.4, 0.5) is 5.82 Å². The number of aromatic nitrogens is 2. The van der Waals surface area contributed by atoms with E-state index in [4.69, 9.17) is 5.73 Å². The van der Waals surface area contributed by atoms with Crippen molar-refractivity contribution in [1.29, 1.82) is 0 Å². The van der Waals surface area contributed by atoms with Gasteiger partial charge in [-0.15, -0.1) is 5.10 Å². The molecule has 0 aromatic carbocycles. The number of rotatable bonds is 4. The Labute approximate surface area is 104 Å². The second kappa shape index (κ2) is 5.00. The van der Waals surface area contributed by atoms with Crippen molar-refractivity contribution in [3.63, 3.8) is 0 Å². The van der Waals surface area contributed by atoms with Crippen LogP contribution in [0.3, 0.4) is 0 Å². The van der Waals surface area contributed by atoms with Crippen molar-refractivity contribution < 1.29 is 0 Å².